The minimum Gasteiger partial charge on any atom is -0.303 e. The van der Waals surface area contributed by atoms with Crippen molar-refractivity contribution >= 4 is 11.0 Å². The number of hydrogen-bond acceptors (Lipinski definition) is 4. The largest absolute Gasteiger partial charge is 0.303 e. The van der Waals surface area contributed by atoms with Crippen LogP contribution in [-0.2, 0) is 6.67 Å². The number of rotatable bonds is 2. The quantitative estimate of drug-likeness (QED) is 0.760. The van der Waals surface area contributed by atoms with E-state index >= 15 is 0 Å². The molecule has 1 aromatic heterocycles. The average molecular weight is 203 g/mol. The fourth-order valence-electron chi connectivity index (χ4n) is 1.89. The summed E-state index contributed by atoms with van der Waals surface area (Å²) >= 11 is 0. The fourth-order valence-corrected chi connectivity index (χ4v) is 1.89. The minimum atomic E-state index is 0.813. The molecule has 3 rings (SSSR count). The average Bonchev–Trinajstić information content (AvgIpc) is 2.89. The molecule has 0 amide bonds. The van der Waals surface area contributed by atoms with Gasteiger partial charge in [0.15, 0.2) is 0 Å². The lowest BCUT2D eigenvalue weighted by Gasteiger charge is -2.13. The lowest BCUT2D eigenvalue weighted by molar-refractivity contribution is 0.255. The predicted molar refractivity (Wildman–Crippen MR) is 57.1 cm³/mol. The Labute approximate surface area is 87.7 Å². The molecule has 1 aliphatic rings. The van der Waals surface area contributed by atoms with Crippen molar-refractivity contribution in [1.82, 2.24) is 25.2 Å². The Morgan fingerprint density at radius 2 is 2.27 bits per heavy atom. The Morgan fingerprint density at radius 3 is 3.13 bits per heavy atom. The van der Waals surface area contributed by atoms with E-state index in [4.69, 9.17) is 0 Å². The molecule has 1 saturated heterocycles. The number of hydrogen-bond donors (Lipinski definition) is 1. The number of fused-ring (bicyclic) bond motifs is 1. The van der Waals surface area contributed by atoms with E-state index in [1.54, 1.807) is 0 Å². The van der Waals surface area contributed by atoms with E-state index in [9.17, 15) is 0 Å². The summed E-state index contributed by atoms with van der Waals surface area (Å²) in [5.41, 5.74) is 2.06. The fraction of sp³-hybridized carbons (Fsp3) is 0.400. The van der Waals surface area contributed by atoms with E-state index in [1.807, 2.05) is 22.9 Å². The van der Waals surface area contributed by atoms with E-state index in [1.165, 1.54) is 0 Å². The van der Waals surface area contributed by atoms with Crippen LogP contribution in [0.25, 0.3) is 11.0 Å². The third-order valence-electron chi connectivity index (χ3n) is 2.69. The molecule has 1 N–H and O–H groups in total. The summed E-state index contributed by atoms with van der Waals surface area (Å²) in [7, 11) is 0. The van der Waals surface area contributed by atoms with Crippen LogP contribution in [0.4, 0.5) is 0 Å². The normalized spacial score (nSPS) is 17.6. The molecule has 2 heterocycles. The van der Waals surface area contributed by atoms with Gasteiger partial charge >= 0.3 is 0 Å². The van der Waals surface area contributed by atoms with Crippen LogP contribution in [0, 0.1) is 0 Å². The van der Waals surface area contributed by atoms with Crippen LogP contribution in [0.1, 0.15) is 0 Å². The monoisotopic (exact) mass is 203 g/mol. The Morgan fingerprint density at radius 1 is 1.33 bits per heavy atom. The number of nitrogens with zero attached hydrogens (tertiary/aromatic N) is 4. The molecule has 5 heteroatoms. The van der Waals surface area contributed by atoms with E-state index in [2.05, 4.69) is 26.6 Å². The molecule has 0 radical (unpaired) electrons. The van der Waals surface area contributed by atoms with E-state index in [0.717, 1.165) is 37.5 Å². The van der Waals surface area contributed by atoms with Crippen molar-refractivity contribution in [2.75, 3.05) is 19.8 Å². The zero-order valence-corrected chi connectivity index (χ0v) is 8.43. The zero-order valence-electron chi connectivity index (χ0n) is 8.43. The van der Waals surface area contributed by atoms with Gasteiger partial charge in [-0.15, -0.1) is 5.10 Å². The topological polar surface area (TPSA) is 46.0 Å². The second-order valence-electron chi connectivity index (χ2n) is 3.77. The van der Waals surface area contributed by atoms with Gasteiger partial charge in [-0.25, -0.2) is 4.68 Å². The van der Waals surface area contributed by atoms with Crippen molar-refractivity contribution < 1.29 is 0 Å². The first kappa shape index (κ1) is 8.82. The second-order valence-corrected chi connectivity index (χ2v) is 3.77. The van der Waals surface area contributed by atoms with Gasteiger partial charge < -0.3 is 5.32 Å². The highest BCUT2D eigenvalue weighted by Crippen LogP contribution is 2.10. The van der Waals surface area contributed by atoms with Gasteiger partial charge in [0.1, 0.15) is 5.52 Å². The summed E-state index contributed by atoms with van der Waals surface area (Å²) in [5.74, 6) is 0. The smallest absolute Gasteiger partial charge is 0.113 e. The van der Waals surface area contributed by atoms with Gasteiger partial charge in [-0.05, 0) is 12.1 Å². The number of para-hydroxylation sites is 1. The van der Waals surface area contributed by atoms with Gasteiger partial charge in [0.05, 0.1) is 12.2 Å². The summed E-state index contributed by atoms with van der Waals surface area (Å²) in [4.78, 5) is 2.31. The zero-order chi connectivity index (χ0) is 10.1. The van der Waals surface area contributed by atoms with Crippen LogP contribution in [-0.4, -0.2) is 39.7 Å². The van der Waals surface area contributed by atoms with Gasteiger partial charge in [-0.1, -0.05) is 17.3 Å². The first-order valence-corrected chi connectivity index (χ1v) is 5.15. The van der Waals surface area contributed by atoms with Gasteiger partial charge in [0.2, 0.25) is 0 Å². The molecule has 1 aliphatic heterocycles. The third kappa shape index (κ3) is 1.60. The maximum Gasteiger partial charge on any atom is 0.113 e. The molecular formula is C10H13N5. The molecule has 0 saturated carbocycles. The van der Waals surface area contributed by atoms with Crippen molar-refractivity contribution in [3.63, 3.8) is 0 Å². The Hall–Kier alpha value is -1.46. The minimum absolute atomic E-state index is 0.813. The van der Waals surface area contributed by atoms with Crippen molar-refractivity contribution in [2.45, 2.75) is 6.67 Å². The molecule has 0 unspecified atom stereocenters. The maximum absolute atomic E-state index is 4.16. The van der Waals surface area contributed by atoms with Crippen LogP contribution in [0.5, 0.6) is 0 Å². The predicted octanol–water partition coefficient (Wildman–Crippen LogP) is 0.251. The van der Waals surface area contributed by atoms with Crippen LogP contribution < -0.4 is 5.32 Å². The Bertz CT molecular complexity index is 458. The summed E-state index contributed by atoms with van der Waals surface area (Å²) in [6.45, 7) is 3.89. The van der Waals surface area contributed by atoms with Gasteiger partial charge in [0.25, 0.3) is 0 Å². The summed E-state index contributed by atoms with van der Waals surface area (Å²) in [5, 5.41) is 11.6. The lowest BCUT2D eigenvalue weighted by Crippen LogP contribution is -2.25. The molecule has 1 fully saturated rings. The van der Waals surface area contributed by atoms with Gasteiger partial charge in [-0.3, -0.25) is 4.90 Å². The molecule has 0 atom stereocenters. The van der Waals surface area contributed by atoms with E-state index in [0.29, 0.717) is 0 Å². The molecule has 1 aromatic carbocycles. The van der Waals surface area contributed by atoms with Crippen LogP contribution in [0.15, 0.2) is 24.3 Å². The number of nitrogens with one attached hydrogen (secondary N) is 1. The molecule has 5 nitrogen and oxygen atoms in total. The van der Waals surface area contributed by atoms with Crippen molar-refractivity contribution in [3.8, 4) is 0 Å². The van der Waals surface area contributed by atoms with E-state index < -0.39 is 0 Å². The molecular weight excluding hydrogens is 190 g/mol. The first-order valence-electron chi connectivity index (χ1n) is 5.15. The highest BCUT2D eigenvalue weighted by atomic mass is 15.5. The van der Waals surface area contributed by atoms with Crippen LogP contribution in [0.2, 0.25) is 0 Å². The second kappa shape index (κ2) is 3.60. The summed E-state index contributed by atoms with van der Waals surface area (Å²) < 4.78 is 1.95. The molecule has 15 heavy (non-hydrogen) atoms. The van der Waals surface area contributed by atoms with Crippen LogP contribution in [0.3, 0.4) is 0 Å². The standard InChI is InChI=1S/C10H13N5/c1-2-4-10-9(3-1)12-13-15(10)8-14-6-5-11-7-14/h1-4,11H,5-8H2. The number of aromatic nitrogens is 3. The molecule has 0 spiro atoms. The van der Waals surface area contributed by atoms with Gasteiger partial charge in [0, 0.05) is 19.8 Å². The maximum atomic E-state index is 4.16. The first-order chi connectivity index (χ1) is 7.43. The highest BCUT2D eigenvalue weighted by Gasteiger charge is 2.12. The third-order valence-corrected chi connectivity index (χ3v) is 2.69. The lowest BCUT2D eigenvalue weighted by atomic mass is 10.3. The molecule has 0 aliphatic carbocycles. The van der Waals surface area contributed by atoms with Crippen molar-refractivity contribution in [2.24, 2.45) is 0 Å². The van der Waals surface area contributed by atoms with Gasteiger partial charge in [-0.2, -0.15) is 0 Å². The Kier molecular flexibility index (Phi) is 2.12. The van der Waals surface area contributed by atoms with Crippen LogP contribution >= 0.6 is 0 Å². The molecule has 78 valence electrons. The summed E-state index contributed by atoms with van der Waals surface area (Å²) in [6.07, 6.45) is 0. The molecule has 0 bridgehead atoms. The van der Waals surface area contributed by atoms with Crippen molar-refractivity contribution in [3.05, 3.63) is 24.3 Å². The Balaban J connectivity index is 1.90. The van der Waals surface area contributed by atoms with Crippen molar-refractivity contribution in [1.29, 1.82) is 0 Å². The number of benzene rings is 1. The molecule has 2 aromatic rings. The SMILES string of the molecule is c1ccc2c(c1)nnn2CN1CCNC1. The van der Waals surface area contributed by atoms with E-state index in [-0.39, 0.29) is 0 Å². The highest BCUT2D eigenvalue weighted by molar-refractivity contribution is 5.73. The summed E-state index contributed by atoms with van der Waals surface area (Å²) in [6, 6.07) is 8.04.